The van der Waals surface area contributed by atoms with Crippen LogP contribution in [0.5, 0.6) is 0 Å². The summed E-state index contributed by atoms with van der Waals surface area (Å²) in [6.45, 7) is 0. The third-order valence-corrected chi connectivity index (χ3v) is 1.18. The van der Waals surface area contributed by atoms with E-state index in [0.29, 0.717) is 5.69 Å². The van der Waals surface area contributed by atoms with E-state index in [4.69, 9.17) is 5.26 Å². The molecule has 1 aromatic rings. The maximum absolute atomic E-state index is 8.42. The minimum absolute atomic E-state index is 0.156. The maximum Gasteiger partial charge on any atom is 0.232 e. The van der Waals surface area contributed by atoms with Gasteiger partial charge < -0.3 is 4.90 Å². The highest BCUT2D eigenvalue weighted by Crippen LogP contribution is 2.05. The van der Waals surface area contributed by atoms with E-state index in [0.717, 1.165) is 0 Å². The lowest BCUT2D eigenvalue weighted by Gasteiger charge is -2.01. The summed E-state index contributed by atoms with van der Waals surface area (Å²) in [5, 5.41) is 8.42. The summed E-state index contributed by atoms with van der Waals surface area (Å²) >= 11 is 0. The van der Waals surface area contributed by atoms with E-state index in [9.17, 15) is 0 Å². The van der Waals surface area contributed by atoms with E-state index in [-0.39, 0.29) is 5.82 Å². The van der Waals surface area contributed by atoms with Crippen LogP contribution in [0.1, 0.15) is 5.82 Å². The Labute approximate surface area is 76.4 Å². The molecule has 5 nitrogen and oxygen atoms in total. The van der Waals surface area contributed by atoms with Gasteiger partial charge in [0.05, 0.1) is 18.7 Å². The molecule has 5 heteroatoms. The Morgan fingerprint density at radius 1 is 1.46 bits per heavy atom. The van der Waals surface area contributed by atoms with Crippen LogP contribution in [0.3, 0.4) is 0 Å². The Morgan fingerprint density at radius 2 is 2.08 bits per heavy atom. The Hall–Kier alpha value is -1.96. The topological polar surface area (TPSA) is 65.2 Å². The summed E-state index contributed by atoms with van der Waals surface area (Å²) in [7, 11) is 3.74. The molecule has 0 aliphatic heterocycles. The van der Waals surface area contributed by atoms with Crippen LogP contribution in [0.25, 0.3) is 0 Å². The van der Waals surface area contributed by atoms with E-state index in [2.05, 4.69) is 15.0 Å². The number of nitrogens with zero attached hydrogens (tertiary/aromatic N) is 5. The molecule has 66 valence electrons. The Bertz CT molecular complexity index is 333. The second-order valence-corrected chi connectivity index (χ2v) is 2.58. The zero-order valence-electron chi connectivity index (χ0n) is 7.47. The number of hydrogen-bond donors (Lipinski definition) is 0. The van der Waals surface area contributed by atoms with E-state index in [1.165, 1.54) is 12.4 Å². The smallest absolute Gasteiger partial charge is 0.232 e. The largest absolute Gasteiger partial charge is 0.369 e. The zero-order valence-corrected chi connectivity index (χ0v) is 7.47. The van der Waals surface area contributed by atoms with Gasteiger partial charge in [0.15, 0.2) is 0 Å². The number of nitriles is 1. The number of aromatic nitrogens is 2. The van der Waals surface area contributed by atoms with Crippen molar-refractivity contribution in [2.24, 2.45) is 4.99 Å². The van der Waals surface area contributed by atoms with Crippen molar-refractivity contribution in [2.75, 3.05) is 14.1 Å². The lowest BCUT2D eigenvalue weighted by Crippen LogP contribution is -2.07. The molecule has 0 aliphatic rings. The van der Waals surface area contributed by atoms with E-state index in [1.807, 2.05) is 20.2 Å². The van der Waals surface area contributed by atoms with Gasteiger partial charge in [0, 0.05) is 14.1 Å². The fourth-order valence-corrected chi connectivity index (χ4v) is 0.628. The Morgan fingerprint density at radius 3 is 2.54 bits per heavy atom. The molecule has 0 aromatic carbocycles. The van der Waals surface area contributed by atoms with Crippen LogP contribution >= 0.6 is 0 Å². The van der Waals surface area contributed by atoms with Gasteiger partial charge in [-0.3, -0.25) is 0 Å². The van der Waals surface area contributed by atoms with Gasteiger partial charge in [-0.15, -0.1) is 0 Å². The summed E-state index contributed by atoms with van der Waals surface area (Å²) in [5.41, 5.74) is 0.632. The van der Waals surface area contributed by atoms with Gasteiger partial charge in [0.2, 0.25) is 5.82 Å². The first-order valence-electron chi connectivity index (χ1n) is 3.65. The molecule has 0 saturated carbocycles. The summed E-state index contributed by atoms with van der Waals surface area (Å²) in [4.78, 5) is 13.4. The molecule has 0 N–H and O–H groups in total. The zero-order chi connectivity index (χ0) is 9.68. The first kappa shape index (κ1) is 9.13. The van der Waals surface area contributed by atoms with Gasteiger partial charge in [-0.05, 0) is 0 Å². The van der Waals surface area contributed by atoms with Gasteiger partial charge in [-0.1, -0.05) is 0 Å². The third kappa shape index (κ3) is 2.87. The fraction of sp³-hybridized carbons (Fsp3) is 0.250. The average molecular weight is 175 g/mol. The summed E-state index contributed by atoms with van der Waals surface area (Å²) < 4.78 is 0. The molecule has 0 unspecified atom stereocenters. The van der Waals surface area contributed by atoms with Crippen LogP contribution in [-0.2, 0) is 0 Å². The van der Waals surface area contributed by atoms with Crippen LogP contribution in [0.4, 0.5) is 5.69 Å². The molecule has 0 amide bonds. The molecular formula is C8H9N5. The van der Waals surface area contributed by atoms with Crippen molar-refractivity contribution in [1.29, 1.82) is 5.26 Å². The SMILES string of the molecule is CN(C)C=Nc1cnc(C#N)nc1. The third-order valence-electron chi connectivity index (χ3n) is 1.18. The molecule has 1 heterocycles. The highest BCUT2D eigenvalue weighted by Gasteiger charge is 1.92. The van der Waals surface area contributed by atoms with Gasteiger partial charge in [-0.25, -0.2) is 15.0 Å². The standard InChI is InChI=1S/C8H9N5/c1-13(2)6-12-7-4-10-8(3-9)11-5-7/h4-6H,1-2H3. The first-order chi connectivity index (χ1) is 6.22. The highest BCUT2D eigenvalue weighted by atomic mass is 15.1. The summed E-state index contributed by atoms with van der Waals surface area (Å²) in [5.74, 6) is 0.156. The molecule has 1 rings (SSSR count). The molecule has 0 bridgehead atoms. The molecule has 13 heavy (non-hydrogen) atoms. The van der Waals surface area contributed by atoms with Crippen molar-refractivity contribution in [2.45, 2.75) is 0 Å². The molecule has 0 aliphatic carbocycles. The monoisotopic (exact) mass is 175 g/mol. The molecule has 0 spiro atoms. The van der Waals surface area contributed by atoms with Crippen molar-refractivity contribution in [3.8, 4) is 6.07 Å². The quantitative estimate of drug-likeness (QED) is 0.487. The Balaban J connectivity index is 2.76. The normalized spacial score (nSPS) is 9.92. The minimum Gasteiger partial charge on any atom is -0.369 e. The lowest BCUT2D eigenvalue weighted by molar-refractivity contribution is 0.643. The van der Waals surface area contributed by atoms with Crippen LogP contribution in [-0.4, -0.2) is 35.3 Å². The van der Waals surface area contributed by atoms with Crippen LogP contribution < -0.4 is 0 Å². The van der Waals surface area contributed by atoms with Gasteiger partial charge in [0.25, 0.3) is 0 Å². The lowest BCUT2D eigenvalue weighted by atomic mass is 10.5. The van der Waals surface area contributed by atoms with Crippen molar-refractivity contribution < 1.29 is 0 Å². The number of rotatable bonds is 2. The van der Waals surface area contributed by atoms with Gasteiger partial charge in [0.1, 0.15) is 11.8 Å². The van der Waals surface area contributed by atoms with E-state index in [1.54, 1.807) is 11.2 Å². The van der Waals surface area contributed by atoms with Crippen LogP contribution in [0.15, 0.2) is 17.4 Å². The van der Waals surface area contributed by atoms with Gasteiger partial charge in [-0.2, -0.15) is 5.26 Å². The average Bonchev–Trinajstić information content (AvgIpc) is 2.15. The van der Waals surface area contributed by atoms with E-state index >= 15 is 0 Å². The van der Waals surface area contributed by atoms with E-state index < -0.39 is 0 Å². The van der Waals surface area contributed by atoms with Crippen molar-refractivity contribution >= 4 is 12.0 Å². The van der Waals surface area contributed by atoms with Crippen LogP contribution in [0, 0.1) is 11.3 Å². The molecule has 1 aromatic heterocycles. The predicted octanol–water partition coefficient (Wildman–Crippen LogP) is 0.570. The fourth-order valence-electron chi connectivity index (χ4n) is 0.628. The molecule has 0 radical (unpaired) electrons. The summed E-state index contributed by atoms with van der Waals surface area (Å²) in [6.07, 6.45) is 4.65. The number of aliphatic imine (C=N–C) groups is 1. The van der Waals surface area contributed by atoms with Gasteiger partial charge >= 0.3 is 0 Å². The van der Waals surface area contributed by atoms with Crippen molar-refractivity contribution in [1.82, 2.24) is 14.9 Å². The highest BCUT2D eigenvalue weighted by molar-refractivity contribution is 5.59. The first-order valence-corrected chi connectivity index (χ1v) is 3.65. The minimum atomic E-state index is 0.156. The van der Waals surface area contributed by atoms with Crippen LogP contribution in [0.2, 0.25) is 0 Å². The summed E-state index contributed by atoms with van der Waals surface area (Å²) in [6, 6.07) is 1.83. The number of hydrogen-bond acceptors (Lipinski definition) is 4. The van der Waals surface area contributed by atoms with Crippen molar-refractivity contribution in [3.63, 3.8) is 0 Å². The molecular weight excluding hydrogens is 166 g/mol. The second-order valence-electron chi connectivity index (χ2n) is 2.58. The molecule has 0 saturated heterocycles. The predicted molar refractivity (Wildman–Crippen MR) is 48.6 cm³/mol. The molecule has 0 atom stereocenters. The van der Waals surface area contributed by atoms with Crippen molar-refractivity contribution in [3.05, 3.63) is 18.2 Å². The molecule has 0 fully saturated rings. The second kappa shape index (κ2) is 4.16. The maximum atomic E-state index is 8.42. The Kier molecular flexibility index (Phi) is 2.92.